The van der Waals surface area contributed by atoms with Crippen molar-refractivity contribution in [1.29, 1.82) is 0 Å². The molecule has 3 nitrogen and oxygen atoms in total. The number of carbonyl (C=O) groups is 1. The molecule has 0 spiro atoms. The number of piperazine rings is 1. The summed E-state index contributed by atoms with van der Waals surface area (Å²) in [5, 5.41) is 3.16. The fourth-order valence-electron chi connectivity index (χ4n) is 1.15. The van der Waals surface area contributed by atoms with Crippen LogP contribution in [0.1, 0.15) is 19.8 Å². The lowest BCUT2D eigenvalue weighted by molar-refractivity contribution is -0.130. The molecule has 1 aliphatic rings. The molecule has 0 saturated carbocycles. The van der Waals surface area contributed by atoms with Crippen LogP contribution in [0.2, 0.25) is 0 Å². The molecular formula is C8H15N2O. The summed E-state index contributed by atoms with van der Waals surface area (Å²) < 4.78 is 0. The number of nitrogens with one attached hydrogen (secondary N) is 1. The van der Waals surface area contributed by atoms with Crippen molar-refractivity contribution in [3.05, 3.63) is 6.54 Å². The molecule has 1 radical (unpaired) electrons. The summed E-state index contributed by atoms with van der Waals surface area (Å²) in [5.74, 6) is 0.258. The maximum Gasteiger partial charge on any atom is 0.222 e. The first-order valence-corrected chi connectivity index (χ1v) is 4.18. The van der Waals surface area contributed by atoms with Gasteiger partial charge in [0.05, 0.1) is 6.54 Å². The third kappa shape index (κ3) is 2.50. The number of carbonyl (C=O) groups excluding carboxylic acids is 1. The third-order valence-corrected chi connectivity index (χ3v) is 1.77. The second-order valence-corrected chi connectivity index (χ2v) is 2.72. The lowest BCUT2D eigenvalue weighted by Crippen LogP contribution is -2.42. The van der Waals surface area contributed by atoms with E-state index in [1.54, 1.807) is 0 Å². The molecule has 1 rings (SSSR count). The maximum absolute atomic E-state index is 11.3. The Kier molecular flexibility index (Phi) is 3.36. The van der Waals surface area contributed by atoms with Gasteiger partial charge in [0.15, 0.2) is 0 Å². The highest BCUT2D eigenvalue weighted by molar-refractivity contribution is 5.76. The molecule has 0 aromatic rings. The van der Waals surface area contributed by atoms with Gasteiger partial charge in [-0.2, -0.15) is 0 Å². The quantitative estimate of drug-likeness (QED) is 0.625. The van der Waals surface area contributed by atoms with E-state index < -0.39 is 0 Å². The molecule has 1 aliphatic heterocycles. The van der Waals surface area contributed by atoms with Crippen LogP contribution in [-0.4, -0.2) is 30.4 Å². The van der Waals surface area contributed by atoms with Crippen LogP contribution in [0, 0.1) is 6.54 Å². The number of nitrogens with zero attached hydrogens (tertiary/aromatic N) is 1. The lowest BCUT2D eigenvalue weighted by Gasteiger charge is -2.26. The second-order valence-electron chi connectivity index (χ2n) is 2.72. The Morgan fingerprint density at radius 3 is 3.09 bits per heavy atom. The van der Waals surface area contributed by atoms with Gasteiger partial charge in [0.2, 0.25) is 5.91 Å². The fraction of sp³-hybridized carbons (Fsp3) is 0.750. The Morgan fingerprint density at radius 2 is 2.55 bits per heavy atom. The maximum atomic E-state index is 11.3. The van der Waals surface area contributed by atoms with E-state index in [-0.39, 0.29) is 5.91 Å². The molecule has 0 aliphatic carbocycles. The predicted molar refractivity (Wildman–Crippen MR) is 43.8 cm³/mol. The molecular weight excluding hydrogens is 140 g/mol. The minimum Gasteiger partial charge on any atom is -0.335 e. The standard InChI is InChI=1S/C8H15N2O/c1-2-3-8(11)10-6-4-9-5-7-10/h6,9H,2-5,7H2,1H3. The summed E-state index contributed by atoms with van der Waals surface area (Å²) in [6, 6.07) is 0. The number of amides is 1. The minimum absolute atomic E-state index is 0.258. The van der Waals surface area contributed by atoms with Crippen LogP contribution in [0.3, 0.4) is 0 Å². The van der Waals surface area contributed by atoms with E-state index in [2.05, 4.69) is 5.32 Å². The van der Waals surface area contributed by atoms with Crippen molar-refractivity contribution in [2.24, 2.45) is 0 Å². The number of rotatable bonds is 2. The molecule has 3 heteroatoms. The van der Waals surface area contributed by atoms with Gasteiger partial charge in [-0.25, -0.2) is 0 Å². The van der Waals surface area contributed by atoms with Gasteiger partial charge in [0.1, 0.15) is 0 Å². The summed E-state index contributed by atoms with van der Waals surface area (Å²) in [6.45, 7) is 6.54. The predicted octanol–water partition coefficient (Wildman–Crippen LogP) is 0.380. The SMILES string of the molecule is CCCC(=O)N1[CH]CNCC1. The summed E-state index contributed by atoms with van der Waals surface area (Å²) in [5.41, 5.74) is 0. The van der Waals surface area contributed by atoms with E-state index >= 15 is 0 Å². The Hall–Kier alpha value is -0.570. The third-order valence-electron chi connectivity index (χ3n) is 1.77. The van der Waals surface area contributed by atoms with Gasteiger partial charge in [0, 0.05) is 26.1 Å². The van der Waals surface area contributed by atoms with Crippen molar-refractivity contribution in [3.8, 4) is 0 Å². The lowest BCUT2D eigenvalue weighted by atomic mass is 10.2. The topological polar surface area (TPSA) is 32.3 Å². The molecule has 1 heterocycles. The van der Waals surface area contributed by atoms with Gasteiger partial charge in [-0.15, -0.1) is 0 Å². The molecule has 0 bridgehead atoms. The fourth-order valence-corrected chi connectivity index (χ4v) is 1.15. The monoisotopic (exact) mass is 155 g/mol. The van der Waals surface area contributed by atoms with Gasteiger partial charge in [-0.3, -0.25) is 4.79 Å². The average molecular weight is 155 g/mol. The summed E-state index contributed by atoms with van der Waals surface area (Å²) in [7, 11) is 0. The molecule has 0 unspecified atom stereocenters. The zero-order valence-corrected chi connectivity index (χ0v) is 6.97. The molecule has 1 N–H and O–H groups in total. The van der Waals surface area contributed by atoms with Crippen LogP contribution in [0.25, 0.3) is 0 Å². The van der Waals surface area contributed by atoms with E-state index in [1.807, 2.05) is 18.4 Å². The highest BCUT2D eigenvalue weighted by Gasteiger charge is 2.14. The van der Waals surface area contributed by atoms with Crippen LogP contribution in [0.5, 0.6) is 0 Å². The smallest absolute Gasteiger partial charge is 0.222 e. The Balaban J connectivity index is 2.27. The van der Waals surface area contributed by atoms with Crippen molar-refractivity contribution in [2.75, 3.05) is 19.6 Å². The van der Waals surface area contributed by atoms with E-state index in [9.17, 15) is 4.79 Å². The van der Waals surface area contributed by atoms with Crippen molar-refractivity contribution in [3.63, 3.8) is 0 Å². The second kappa shape index (κ2) is 4.34. The first-order chi connectivity index (χ1) is 5.34. The zero-order valence-electron chi connectivity index (χ0n) is 6.97. The molecule has 0 aromatic carbocycles. The summed E-state index contributed by atoms with van der Waals surface area (Å²) in [6.07, 6.45) is 1.62. The van der Waals surface area contributed by atoms with Gasteiger partial charge in [-0.05, 0) is 6.42 Å². The first kappa shape index (κ1) is 8.53. The van der Waals surface area contributed by atoms with Crippen LogP contribution >= 0.6 is 0 Å². The summed E-state index contributed by atoms with van der Waals surface area (Å²) in [4.78, 5) is 13.1. The molecule has 63 valence electrons. The molecule has 1 fully saturated rings. The Labute approximate surface area is 67.8 Å². The molecule has 11 heavy (non-hydrogen) atoms. The Morgan fingerprint density at radius 1 is 1.73 bits per heavy atom. The van der Waals surface area contributed by atoms with Gasteiger partial charge in [0.25, 0.3) is 0 Å². The average Bonchev–Trinajstić information content (AvgIpc) is 2.07. The molecule has 0 aromatic heterocycles. The zero-order chi connectivity index (χ0) is 8.10. The first-order valence-electron chi connectivity index (χ1n) is 4.18. The van der Waals surface area contributed by atoms with E-state index in [1.165, 1.54) is 0 Å². The van der Waals surface area contributed by atoms with E-state index in [4.69, 9.17) is 0 Å². The van der Waals surface area contributed by atoms with E-state index in [0.29, 0.717) is 6.42 Å². The normalized spacial score (nSPS) is 18.5. The Bertz CT molecular complexity index is 130. The van der Waals surface area contributed by atoms with Crippen LogP contribution in [0.15, 0.2) is 0 Å². The minimum atomic E-state index is 0.258. The highest BCUT2D eigenvalue weighted by Crippen LogP contribution is 2.01. The van der Waals surface area contributed by atoms with Gasteiger partial charge < -0.3 is 10.2 Å². The van der Waals surface area contributed by atoms with Crippen LogP contribution in [0.4, 0.5) is 0 Å². The van der Waals surface area contributed by atoms with Gasteiger partial charge in [-0.1, -0.05) is 6.92 Å². The van der Waals surface area contributed by atoms with Crippen LogP contribution in [-0.2, 0) is 4.79 Å². The van der Waals surface area contributed by atoms with Crippen molar-refractivity contribution in [2.45, 2.75) is 19.8 Å². The molecule has 1 amide bonds. The summed E-state index contributed by atoms with van der Waals surface area (Å²) >= 11 is 0. The largest absolute Gasteiger partial charge is 0.335 e. The van der Waals surface area contributed by atoms with Crippen molar-refractivity contribution in [1.82, 2.24) is 10.2 Å². The number of hydrogen-bond acceptors (Lipinski definition) is 2. The highest BCUT2D eigenvalue weighted by atomic mass is 16.2. The van der Waals surface area contributed by atoms with Gasteiger partial charge >= 0.3 is 0 Å². The van der Waals surface area contributed by atoms with Crippen LogP contribution < -0.4 is 5.32 Å². The molecule has 1 saturated heterocycles. The van der Waals surface area contributed by atoms with Crippen molar-refractivity contribution >= 4 is 5.91 Å². The van der Waals surface area contributed by atoms with Crippen molar-refractivity contribution < 1.29 is 4.79 Å². The van der Waals surface area contributed by atoms with E-state index in [0.717, 1.165) is 26.1 Å². The molecule has 0 atom stereocenters. The number of hydrogen-bond donors (Lipinski definition) is 1.